The Morgan fingerprint density at radius 2 is 1.88 bits per heavy atom. The fourth-order valence-corrected chi connectivity index (χ4v) is 2.43. The van der Waals surface area contributed by atoms with Crippen molar-refractivity contribution in [2.75, 3.05) is 7.05 Å². The van der Waals surface area contributed by atoms with E-state index >= 15 is 0 Å². The Labute approximate surface area is 106 Å². The van der Waals surface area contributed by atoms with Crippen molar-refractivity contribution in [3.63, 3.8) is 0 Å². The van der Waals surface area contributed by atoms with Crippen molar-refractivity contribution in [3.05, 3.63) is 0 Å². The minimum Gasteiger partial charge on any atom is -0.340 e. The molecule has 1 amide bonds. The lowest BCUT2D eigenvalue weighted by Gasteiger charge is -2.38. The average molecular weight is 240 g/mol. The van der Waals surface area contributed by atoms with Gasteiger partial charge < -0.3 is 10.6 Å². The van der Waals surface area contributed by atoms with E-state index in [0.717, 1.165) is 25.7 Å². The highest BCUT2D eigenvalue weighted by molar-refractivity contribution is 5.80. The number of hydrogen-bond donors (Lipinski definition) is 1. The van der Waals surface area contributed by atoms with Crippen LogP contribution >= 0.6 is 0 Å². The van der Waals surface area contributed by atoms with Gasteiger partial charge in [0.2, 0.25) is 5.91 Å². The normalized spacial score (nSPS) is 26.4. The van der Waals surface area contributed by atoms with E-state index in [0.29, 0.717) is 0 Å². The predicted octanol–water partition coefficient (Wildman–Crippen LogP) is 2.54. The first-order chi connectivity index (χ1) is 7.90. The number of amides is 1. The molecule has 0 radical (unpaired) electrons. The molecule has 1 rings (SSSR count). The Kier molecular flexibility index (Phi) is 4.99. The summed E-state index contributed by atoms with van der Waals surface area (Å²) >= 11 is 0. The van der Waals surface area contributed by atoms with E-state index in [1.54, 1.807) is 0 Å². The summed E-state index contributed by atoms with van der Waals surface area (Å²) < 4.78 is 0. The molecule has 0 saturated heterocycles. The van der Waals surface area contributed by atoms with Crippen LogP contribution < -0.4 is 5.73 Å². The second kappa shape index (κ2) is 5.85. The van der Waals surface area contributed by atoms with E-state index in [1.165, 1.54) is 12.8 Å². The number of nitrogens with zero attached hydrogens (tertiary/aromatic N) is 1. The maximum absolute atomic E-state index is 12.5. The maximum Gasteiger partial charge on any atom is 0.227 e. The van der Waals surface area contributed by atoms with Gasteiger partial charge in [-0.3, -0.25) is 4.79 Å². The van der Waals surface area contributed by atoms with E-state index in [-0.39, 0.29) is 23.4 Å². The molecule has 0 spiro atoms. The molecular weight excluding hydrogens is 212 g/mol. The van der Waals surface area contributed by atoms with Crippen molar-refractivity contribution in [2.45, 2.75) is 70.9 Å². The molecule has 100 valence electrons. The monoisotopic (exact) mass is 240 g/mol. The first kappa shape index (κ1) is 14.5. The van der Waals surface area contributed by atoms with Crippen LogP contribution in [0, 0.1) is 5.92 Å². The molecule has 3 heteroatoms. The summed E-state index contributed by atoms with van der Waals surface area (Å²) in [6.45, 7) is 6.36. The van der Waals surface area contributed by atoms with Crippen molar-refractivity contribution >= 4 is 5.91 Å². The molecule has 0 bridgehead atoms. The minimum atomic E-state index is -0.0664. The molecule has 17 heavy (non-hydrogen) atoms. The topological polar surface area (TPSA) is 46.3 Å². The van der Waals surface area contributed by atoms with Crippen molar-refractivity contribution in [1.29, 1.82) is 0 Å². The van der Waals surface area contributed by atoms with Crippen molar-refractivity contribution in [1.82, 2.24) is 4.90 Å². The van der Waals surface area contributed by atoms with Gasteiger partial charge in [0.15, 0.2) is 0 Å². The van der Waals surface area contributed by atoms with Crippen molar-refractivity contribution in [3.8, 4) is 0 Å². The number of rotatable bonds is 3. The highest BCUT2D eigenvalue weighted by Gasteiger charge is 2.34. The van der Waals surface area contributed by atoms with Gasteiger partial charge >= 0.3 is 0 Å². The van der Waals surface area contributed by atoms with Crippen LogP contribution in [0.1, 0.15) is 59.3 Å². The van der Waals surface area contributed by atoms with Gasteiger partial charge in [-0.25, -0.2) is 0 Å². The lowest BCUT2D eigenvalue weighted by atomic mass is 9.91. The molecule has 0 aromatic carbocycles. The van der Waals surface area contributed by atoms with Crippen LogP contribution in [0.4, 0.5) is 0 Å². The van der Waals surface area contributed by atoms with Gasteiger partial charge in [-0.1, -0.05) is 26.2 Å². The summed E-state index contributed by atoms with van der Waals surface area (Å²) in [5, 5.41) is 0. The molecular formula is C14H28N2O. The van der Waals surface area contributed by atoms with Gasteiger partial charge in [-0.15, -0.1) is 0 Å². The van der Waals surface area contributed by atoms with Gasteiger partial charge in [-0.2, -0.15) is 0 Å². The summed E-state index contributed by atoms with van der Waals surface area (Å²) in [6.07, 6.45) is 6.47. The molecule has 1 saturated carbocycles. The SMILES string of the molecule is CCC(C)(C)N(C)C(=O)C1CCCCCC1N. The van der Waals surface area contributed by atoms with Gasteiger partial charge in [0.05, 0.1) is 5.92 Å². The molecule has 1 aliphatic carbocycles. The molecule has 2 N–H and O–H groups in total. The van der Waals surface area contributed by atoms with E-state index in [1.807, 2.05) is 11.9 Å². The Hall–Kier alpha value is -0.570. The lowest BCUT2D eigenvalue weighted by molar-refractivity contribution is -0.140. The molecule has 1 aliphatic rings. The van der Waals surface area contributed by atoms with Crippen LogP contribution in [-0.4, -0.2) is 29.4 Å². The Bertz CT molecular complexity index is 263. The molecule has 0 aliphatic heterocycles. The zero-order chi connectivity index (χ0) is 13.1. The van der Waals surface area contributed by atoms with Crippen LogP contribution in [0.2, 0.25) is 0 Å². The Morgan fingerprint density at radius 3 is 2.47 bits per heavy atom. The summed E-state index contributed by atoms with van der Waals surface area (Å²) in [7, 11) is 1.92. The minimum absolute atomic E-state index is 0.0355. The molecule has 2 unspecified atom stereocenters. The fourth-order valence-electron chi connectivity index (χ4n) is 2.43. The highest BCUT2D eigenvalue weighted by atomic mass is 16.2. The number of carbonyl (C=O) groups excluding carboxylic acids is 1. The first-order valence-electron chi connectivity index (χ1n) is 6.93. The van der Waals surface area contributed by atoms with Crippen LogP contribution in [0.3, 0.4) is 0 Å². The molecule has 0 aromatic heterocycles. The molecule has 1 fully saturated rings. The lowest BCUT2D eigenvalue weighted by Crippen LogP contribution is -2.50. The van der Waals surface area contributed by atoms with Gasteiger partial charge in [0.1, 0.15) is 0 Å². The van der Waals surface area contributed by atoms with Crippen LogP contribution in [0.15, 0.2) is 0 Å². The quantitative estimate of drug-likeness (QED) is 0.771. The molecule has 2 atom stereocenters. The second-order valence-corrected chi connectivity index (χ2v) is 5.97. The van der Waals surface area contributed by atoms with Crippen LogP contribution in [0.5, 0.6) is 0 Å². The standard InChI is InChI=1S/C14H28N2O/c1-5-14(2,3)16(4)13(17)11-9-7-6-8-10-12(11)15/h11-12H,5-10,15H2,1-4H3. The van der Waals surface area contributed by atoms with E-state index in [9.17, 15) is 4.79 Å². The van der Waals surface area contributed by atoms with E-state index < -0.39 is 0 Å². The number of hydrogen-bond acceptors (Lipinski definition) is 2. The zero-order valence-corrected chi connectivity index (χ0v) is 11.8. The number of nitrogens with two attached hydrogens (primary N) is 1. The predicted molar refractivity (Wildman–Crippen MR) is 71.7 cm³/mol. The van der Waals surface area contributed by atoms with Crippen molar-refractivity contribution in [2.24, 2.45) is 11.7 Å². The van der Waals surface area contributed by atoms with Gasteiger partial charge in [0, 0.05) is 18.6 Å². The third-order valence-electron chi connectivity index (χ3n) is 4.49. The second-order valence-electron chi connectivity index (χ2n) is 5.97. The van der Waals surface area contributed by atoms with Gasteiger partial charge in [-0.05, 0) is 33.1 Å². The zero-order valence-electron chi connectivity index (χ0n) is 11.8. The Morgan fingerprint density at radius 1 is 1.29 bits per heavy atom. The smallest absolute Gasteiger partial charge is 0.227 e. The van der Waals surface area contributed by atoms with E-state index in [2.05, 4.69) is 20.8 Å². The number of carbonyl (C=O) groups is 1. The van der Waals surface area contributed by atoms with E-state index in [4.69, 9.17) is 5.73 Å². The maximum atomic E-state index is 12.5. The van der Waals surface area contributed by atoms with Crippen molar-refractivity contribution < 1.29 is 4.79 Å². The summed E-state index contributed by atoms with van der Waals surface area (Å²) in [6, 6.07) is 0.0557. The van der Waals surface area contributed by atoms with Crippen LogP contribution in [-0.2, 0) is 4.79 Å². The van der Waals surface area contributed by atoms with Crippen LogP contribution in [0.25, 0.3) is 0 Å². The molecule has 0 heterocycles. The largest absolute Gasteiger partial charge is 0.340 e. The third-order valence-corrected chi connectivity index (χ3v) is 4.49. The first-order valence-corrected chi connectivity index (χ1v) is 6.93. The molecule has 3 nitrogen and oxygen atoms in total. The van der Waals surface area contributed by atoms with Gasteiger partial charge in [0.25, 0.3) is 0 Å². The fraction of sp³-hybridized carbons (Fsp3) is 0.929. The third kappa shape index (κ3) is 3.44. The summed E-state index contributed by atoms with van der Waals surface area (Å²) in [5.41, 5.74) is 6.09. The Balaban J connectivity index is 2.73. The summed E-state index contributed by atoms with van der Waals surface area (Å²) in [4.78, 5) is 14.4. The summed E-state index contributed by atoms with van der Waals surface area (Å²) in [5.74, 6) is 0.277. The average Bonchev–Trinajstić information content (AvgIpc) is 2.52. The molecule has 0 aromatic rings. The highest BCUT2D eigenvalue weighted by Crippen LogP contribution is 2.27.